The van der Waals surface area contributed by atoms with Crippen molar-refractivity contribution >= 4 is 12.6 Å². The molecule has 3 rings (SSSR count). The Morgan fingerprint density at radius 2 is 1.58 bits per heavy atom. The van der Waals surface area contributed by atoms with Gasteiger partial charge in [-0.15, -0.1) is 5.10 Å². The highest BCUT2D eigenvalue weighted by Gasteiger charge is 2.12. The highest BCUT2D eigenvalue weighted by Crippen LogP contribution is 2.25. The lowest BCUT2D eigenvalue weighted by atomic mass is 9.80. The zero-order valence-electron chi connectivity index (χ0n) is 13.2. The lowest BCUT2D eigenvalue weighted by Gasteiger charge is -2.07. The number of benzene rings is 2. The van der Waals surface area contributed by atoms with Gasteiger partial charge in [0.15, 0.2) is 0 Å². The number of rotatable bonds is 5. The van der Waals surface area contributed by atoms with Crippen LogP contribution in [0.5, 0.6) is 11.5 Å². The van der Waals surface area contributed by atoms with E-state index >= 15 is 0 Å². The second kappa shape index (κ2) is 6.73. The van der Waals surface area contributed by atoms with Crippen molar-refractivity contribution in [3.05, 3.63) is 48.7 Å². The summed E-state index contributed by atoms with van der Waals surface area (Å²) in [6.45, 7) is 0. The van der Waals surface area contributed by atoms with Gasteiger partial charge in [-0.1, -0.05) is 29.5 Å². The molecule has 1 heterocycles. The fourth-order valence-corrected chi connectivity index (χ4v) is 2.27. The van der Waals surface area contributed by atoms with Crippen molar-refractivity contribution < 1.29 is 19.5 Å². The largest absolute Gasteiger partial charge is 0.497 e. The smallest absolute Gasteiger partial charge is 0.488 e. The molecule has 2 N–H and O–H groups in total. The van der Waals surface area contributed by atoms with Crippen LogP contribution in [-0.4, -0.2) is 46.4 Å². The molecule has 8 heteroatoms. The maximum Gasteiger partial charge on any atom is 0.488 e. The predicted molar refractivity (Wildman–Crippen MR) is 89.7 cm³/mol. The van der Waals surface area contributed by atoms with E-state index in [0.717, 1.165) is 11.3 Å². The molecule has 0 unspecified atom stereocenters. The van der Waals surface area contributed by atoms with Crippen molar-refractivity contribution in [2.45, 2.75) is 0 Å². The van der Waals surface area contributed by atoms with E-state index in [4.69, 9.17) is 19.5 Å². The van der Waals surface area contributed by atoms with Crippen LogP contribution in [-0.2, 0) is 0 Å². The molecule has 0 amide bonds. The fraction of sp³-hybridized carbons (Fsp3) is 0.125. The second-order valence-corrected chi connectivity index (χ2v) is 5.11. The highest BCUT2D eigenvalue weighted by molar-refractivity contribution is 6.58. The minimum absolute atomic E-state index is 0.420. The molecule has 0 aliphatic rings. The van der Waals surface area contributed by atoms with E-state index in [0.29, 0.717) is 22.7 Å². The number of nitrogens with zero attached hydrogens (tertiary/aromatic N) is 3. The van der Waals surface area contributed by atoms with Crippen LogP contribution in [0.2, 0.25) is 0 Å². The highest BCUT2D eigenvalue weighted by atomic mass is 16.5. The molecule has 0 bridgehead atoms. The number of methoxy groups -OCH3 is 2. The Kier molecular flexibility index (Phi) is 4.50. The minimum atomic E-state index is -1.49. The zero-order valence-corrected chi connectivity index (χ0v) is 13.2. The Bertz CT molecular complexity index is 811. The van der Waals surface area contributed by atoms with Gasteiger partial charge in [0.05, 0.1) is 26.1 Å². The summed E-state index contributed by atoms with van der Waals surface area (Å²) in [4.78, 5) is 0. The van der Waals surface area contributed by atoms with Gasteiger partial charge in [0, 0.05) is 23.8 Å². The monoisotopic (exact) mass is 325 g/mol. The molecule has 1 aromatic heterocycles. The molecular formula is C16H16BN3O4. The number of hydrogen-bond acceptors (Lipinski definition) is 6. The molecule has 7 nitrogen and oxygen atoms in total. The standard InChI is InChI=1S/C16H16BN3O4/c1-23-14-7-13(8-15(9-14)24-2)20-10-16(18-19-20)11-3-5-12(6-4-11)17(21)22/h3-10,21-22H,1-2H3. The lowest BCUT2D eigenvalue weighted by molar-refractivity contribution is 0.394. The summed E-state index contributed by atoms with van der Waals surface area (Å²) < 4.78 is 12.1. The summed E-state index contributed by atoms with van der Waals surface area (Å²) in [7, 11) is 1.68. The summed E-state index contributed by atoms with van der Waals surface area (Å²) in [5.41, 5.74) is 2.66. The predicted octanol–water partition coefficient (Wildman–Crippen LogP) is 0.631. The van der Waals surface area contributed by atoms with Gasteiger partial charge in [0.1, 0.15) is 17.2 Å². The van der Waals surface area contributed by atoms with Crippen molar-refractivity contribution in [2.24, 2.45) is 0 Å². The van der Waals surface area contributed by atoms with Gasteiger partial charge < -0.3 is 19.5 Å². The van der Waals surface area contributed by atoms with Gasteiger partial charge in [0.25, 0.3) is 0 Å². The Balaban J connectivity index is 1.93. The first-order chi connectivity index (χ1) is 11.6. The maximum absolute atomic E-state index is 9.14. The molecule has 0 aliphatic carbocycles. The molecule has 0 atom stereocenters. The van der Waals surface area contributed by atoms with Gasteiger partial charge in [-0.2, -0.15) is 0 Å². The summed E-state index contributed by atoms with van der Waals surface area (Å²) in [6.07, 6.45) is 1.78. The zero-order chi connectivity index (χ0) is 17.1. The van der Waals surface area contributed by atoms with Gasteiger partial charge >= 0.3 is 7.12 Å². The second-order valence-electron chi connectivity index (χ2n) is 5.11. The van der Waals surface area contributed by atoms with Gasteiger partial charge in [-0.3, -0.25) is 0 Å². The maximum atomic E-state index is 9.14. The molecule has 3 aromatic rings. The van der Waals surface area contributed by atoms with Crippen LogP contribution in [0.3, 0.4) is 0 Å². The Hall–Kier alpha value is -2.84. The molecule has 0 radical (unpaired) electrons. The lowest BCUT2D eigenvalue weighted by Crippen LogP contribution is -2.29. The third-order valence-corrected chi connectivity index (χ3v) is 3.60. The topological polar surface area (TPSA) is 89.6 Å². The fourth-order valence-electron chi connectivity index (χ4n) is 2.27. The van der Waals surface area contributed by atoms with Gasteiger partial charge in [0.2, 0.25) is 0 Å². The third-order valence-electron chi connectivity index (χ3n) is 3.60. The van der Waals surface area contributed by atoms with Crippen LogP contribution in [0.15, 0.2) is 48.7 Å². The van der Waals surface area contributed by atoms with Crippen LogP contribution in [0.25, 0.3) is 16.9 Å². The molecule has 0 fully saturated rings. The molecule has 0 spiro atoms. The normalized spacial score (nSPS) is 10.5. The van der Waals surface area contributed by atoms with E-state index in [1.807, 2.05) is 12.1 Å². The molecule has 0 saturated carbocycles. The van der Waals surface area contributed by atoms with Gasteiger partial charge in [-0.25, -0.2) is 4.68 Å². The molecule has 0 aliphatic heterocycles. The number of hydrogen-bond donors (Lipinski definition) is 2. The summed E-state index contributed by atoms with van der Waals surface area (Å²) in [5, 5.41) is 26.6. The van der Waals surface area contributed by atoms with Crippen molar-refractivity contribution in [1.29, 1.82) is 0 Å². The number of ether oxygens (including phenoxy) is 2. The Morgan fingerprint density at radius 1 is 0.958 bits per heavy atom. The first-order valence-electron chi connectivity index (χ1n) is 7.23. The van der Waals surface area contributed by atoms with E-state index in [2.05, 4.69) is 10.3 Å². The van der Waals surface area contributed by atoms with E-state index in [-0.39, 0.29) is 0 Å². The third kappa shape index (κ3) is 3.24. The SMILES string of the molecule is COc1cc(OC)cc(-n2cc(-c3ccc(B(O)O)cc3)nn2)c1. The summed E-state index contributed by atoms with van der Waals surface area (Å²) in [5.74, 6) is 1.31. The van der Waals surface area contributed by atoms with Crippen LogP contribution in [0, 0.1) is 0 Å². The molecule has 2 aromatic carbocycles. The summed E-state index contributed by atoms with van der Waals surface area (Å²) in [6, 6.07) is 12.2. The first-order valence-corrected chi connectivity index (χ1v) is 7.23. The van der Waals surface area contributed by atoms with Crippen molar-refractivity contribution in [3.8, 4) is 28.4 Å². The van der Waals surface area contributed by atoms with Crippen molar-refractivity contribution in [1.82, 2.24) is 15.0 Å². The summed E-state index contributed by atoms with van der Waals surface area (Å²) >= 11 is 0. The van der Waals surface area contributed by atoms with E-state index in [9.17, 15) is 0 Å². The van der Waals surface area contributed by atoms with Crippen LogP contribution in [0.4, 0.5) is 0 Å². The average Bonchev–Trinajstić information content (AvgIpc) is 3.11. The van der Waals surface area contributed by atoms with E-state index in [1.165, 1.54) is 0 Å². The average molecular weight is 325 g/mol. The number of aromatic nitrogens is 3. The van der Waals surface area contributed by atoms with E-state index < -0.39 is 7.12 Å². The molecule has 24 heavy (non-hydrogen) atoms. The first kappa shape index (κ1) is 16.0. The minimum Gasteiger partial charge on any atom is -0.497 e. The van der Waals surface area contributed by atoms with Crippen LogP contribution in [0.1, 0.15) is 0 Å². The van der Waals surface area contributed by atoms with E-state index in [1.54, 1.807) is 55.4 Å². The van der Waals surface area contributed by atoms with Crippen LogP contribution < -0.4 is 14.9 Å². The molecular weight excluding hydrogens is 309 g/mol. The quantitative estimate of drug-likeness (QED) is 0.669. The molecule has 122 valence electrons. The van der Waals surface area contributed by atoms with Crippen molar-refractivity contribution in [3.63, 3.8) is 0 Å². The van der Waals surface area contributed by atoms with Crippen LogP contribution >= 0.6 is 0 Å². The Labute approximate surface area is 139 Å². The Morgan fingerprint density at radius 3 is 2.12 bits per heavy atom. The van der Waals surface area contributed by atoms with Crippen molar-refractivity contribution in [2.75, 3.05) is 14.2 Å². The molecule has 0 saturated heterocycles. The van der Waals surface area contributed by atoms with Gasteiger partial charge in [-0.05, 0) is 5.46 Å².